The predicted octanol–water partition coefficient (Wildman–Crippen LogP) is 5.43. The largest absolute Gasteiger partial charge is 0.303 e. The maximum Gasteiger partial charge on any atom is 0.0186 e. The molecule has 5 heteroatoms. The summed E-state index contributed by atoms with van der Waals surface area (Å²) in [6.45, 7) is 21.0. The van der Waals surface area contributed by atoms with Gasteiger partial charge >= 0.3 is 0 Å². The van der Waals surface area contributed by atoms with Gasteiger partial charge in [0, 0.05) is 23.6 Å². The lowest BCUT2D eigenvalue weighted by atomic mass is 10.3. The lowest BCUT2D eigenvalue weighted by Gasteiger charge is -2.31. The van der Waals surface area contributed by atoms with Crippen LogP contribution in [0.1, 0.15) is 54.4 Å². The third-order valence-electron chi connectivity index (χ3n) is 4.67. The van der Waals surface area contributed by atoms with E-state index >= 15 is 0 Å². The van der Waals surface area contributed by atoms with Crippen LogP contribution in [0.4, 0.5) is 0 Å². The van der Waals surface area contributed by atoms with Gasteiger partial charge in [0.2, 0.25) is 0 Å². The Bertz CT molecular complexity index is 246. The minimum Gasteiger partial charge on any atom is -0.303 e. The summed E-state index contributed by atoms with van der Waals surface area (Å²) < 4.78 is 0. The summed E-state index contributed by atoms with van der Waals surface area (Å²) in [5.74, 6) is 5.13. The Morgan fingerprint density at radius 1 is 0.600 bits per heavy atom. The van der Waals surface area contributed by atoms with Crippen molar-refractivity contribution in [3.63, 3.8) is 0 Å². The fourth-order valence-corrected chi connectivity index (χ4v) is 6.36. The molecule has 0 aliphatic carbocycles. The van der Waals surface area contributed by atoms with Gasteiger partial charge in [-0.2, -0.15) is 35.3 Å². The Labute approximate surface area is 172 Å². The van der Waals surface area contributed by atoms with Crippen molar-refractivity contribution in [3.05, 3.63) is 0 Å². The summed E-state index contributed by atoms with van der Waals surface area (Å²) in [5.41, 5.74) is 0. The van der Waals surface area contributed by atoms with Gasteiger partial charge < -0.3 is 9.80 Å². The van der Waals surface area contributed by atoms with Crippen molar-refractivity contribution < 1.29 is 0 Å². The Morgan fingerprint density at radius 3 is 1.24 bits per heavy atom. The quantitative estimate of drug-likeness (QED) is 0.278. The number of thioether (sulfide) groups is 3. The molecule has 0 spiro atoms. The van der Waals surface area contributed by atoms with Crippen molar-refractivity contribution in [2.24, 2.45) is 0 Å². The van der Waals surface area contributed by atoms with E-state index in [1.165, 1.54) is 75.1 Å². The maximum atomic E-state index is 2.61. The van der Waals surface area contributed by atoms with Gasteiger partial charge in [-0.3, -0.25) is 0 Å². The van der Waals surface area contributed by atoms with Gasteiger partial charge in [0.1, 0.15) is 0 Å². The molecule has 0 aliphatic heterocycles. The molecule has 0 bridgehead atoms. The van der Waals surface area contributed by atoms with E-state index in [4.69, 9.17) is 0 Å². The Morgan fingerprint density at radius 2 is 0.960 bits per heavy atom. The highest BCUT2D eigenvalue weighted by atomic mass is 32.2. The van der Waals surface area contributed by atoms with E-state index in [2.05, 4.69) is 86.6 Å². The van der Waals surface area contributed by atoms with Gasteiger partial charge in [-0.05, 0) is 62.0 Å². The van der Waals surface area contributed by atoms with E-state index in [9.17, 15) is 0 Å². The number of hydrogen-bond acceptors (Lipinski definition) is 5. The van der Waals surface area contributed by atoms with E-state index in [0.29, 0.717) is 0 Å². The van der Waals surface area contributed by atoms with Crippen molar-refractivity contribution in [2.45, 2.75) is 64.9 Å². The molecule has 0 saturated carbocycles. The molecule has 2 nitrogen and oxygen atoms in total. The molecule has 0 aliphatic rings. The first-order valence-corrected chi connectivity index (χ1v) is 13.7. The average Bonchev–Trinajstić information content (AvgIpc) is 2.63. The van der Waals surface area contributed by atoms with Crippen LogP contribution in [-0.4, -0.2) is 82.6 Å². The molecule has 0 rings (SSSR count). The van der Waals surface area contributed by atoms with Gasteiger partial charge in [-0.15, -0.1) is 0 Å². The topological polar surface area (TPSA) is 6.48 Å². The molecule has 0 N–H and O–H groups in total. The van der Waals surface area contributed by atoms with Crippen LogP contribution in [0.15, 0.2) is 0 Å². The summed E-state index contributed by atoms with van der Waals surface area (Å²) in [6.07, 6.45) is 2.71. The molecule has 0 aromatic heterocycles. The smallest absolute Gasteiger partial charge is 0.0186 e. The molecule has 152 valence electrons. The first-order valence-electron chi connectivity index (χ1n) is 10.4. The van der Waals surface area contributed by atoms with E-state index in [0.717, 1.165) is 10.5 Å². The summed E-state index contributed by atoms with van der Waals surface area (Å²) in [5, 5.41) is 1.57. The van der Waals surface area contributed by atoms with Crippen molar-refractivity contribution in [1.29, 1.82) is 0 Å². The third kappa shape index (κ3) is 13.7. The zero-order valence-electron chi connectivity index (χ0n) is 17.8. The van der Waals surface area contributed by atoms with Gasteiger partial charge in [0.05, 0.1) is 0 Å². The Hall–Kier alpha value is 0.970. The van der Waals surface area contributed by atoms with Crippen LogP contribution in [-0.2, 0) is 0 Å². The lowest BCUT2D eigenvalue weighted by Crippen LogP contribution is -2.35. The standard InChI is InChI=1S/C20H44N2S3/c1-7-21(8-2)17-19(13-15-23-11-5)25-20(14-16-24-12-6)18-22(9-3)10-4/h19-20H,7-18H2,1-6H3. The van der Waals surface area contributed by atoms with Crippen LogP contribution < -0.4 is 0 Å². The molecule has 25 heavy (non-hydrogen) atoms. The average molecular weight is 409 g/mol. The highest BCUT2D eigenvalue weighted by Crippen LogP contribution is 2.27. The van der Waals surface area contributed by atoms with Crippen molar-refractivity contribution in [3.8, 4) is 0 Å². The van der Waals surface area contributed by atoms with Crippen LogP contribution in [0.2, 0.25) is 0 Å². The molecular weight excluding hydrogens is 364 g/mol. The van der Waals surface area contributed by atoms with Crippen LogP contribution in [0, 0.1) is 0 Å². The summed E-state index contributed by atoms with van der Waals surface area (Å²) in [6, 6.07) is 0. The normalized spacial score (nSPS) is 14.4. The molecular formula is C20H44N2S3. The molecule has 0 radical (unpaired) electrons. The van der Waals surface area contributed by atoms with Crippen molar-refractivity contribution in [1.82, 2.24) is 9.80 Å². The molecule has 0 heterocycles. The van der Waals surface area contributed by atoms with Crippen LogP contribution >= 0.6 is 35.3 Å². The predicted molar refractivity (Wildman–Crippen MR) is 126 cm³/mol. The fourth-order valence-electron chi connectivity index (χ4n) is 2.93. The monoisotopic (exact) mass is 408 g/mol. The second-order valence-electron chi connectivity index (χ2n) is 6.32. The minimum atomic E-state index is 0.783. The highest BCUT2D eigenvalue weighted by Gasteiger charge is 2.20. The van der Waals surface area contributed by atoms with Crippen LogP contribution in [0.25, 0.3) is 0 Å². The molecule has 0 aromatic rings. The van der Waals surface area contributed by atoms with Crippen LogP contribution in [0.3, 0.4) is 0 Å². The molecule has 0 amide bonds. The number of hydrogen-bond donors (Lipinski definition) is 0. The molecule has 2 unspecified atom stereocenters. The summed E-state index contributed by atoms with van der Waals surface area (Å²) in [4.78, 5) is 5.23. The SMILES string of the molecule is CCSCCC(CN(CC)CC)SC(CCSCC)CN(CC)CC. The molecule has 2 atom stereocenters. The Kier molecular flexibility index (Phi) is 19.1. The second kappa shape index (κ2) is 18.3. The van der Waals surface area contributed by atoms with E-state index in [1.807, 2.05) is 0 Å². The van der Waals surface area contributed by atoms with E-state index in [-0.39, 0.29) is 0 Å². The van der Waals surface area contributed by atoms with Gasteiger partial charge in [0.25, 0.3) is 0 Å². The summed E-state index contributed by atoms with van der Waals surface area (Å²) in [7, 11) is 0. The van der Waals surface area contributed by atoms with Gasteiger partial charge in [-0.25, -0.2) is 0 Å². The maximum absolute atomic E-state index is 2.61. The molecule has 0 fully saturated rings. The minimum absolute atomic E-state index is 0.783. The van der Waals surface area contributed by atoms with E-state index in [1.54, 1.807) is 0 Å². The van der Waals surface area contributed by atoms with Crippen molar-refractivity contribution in [2.75, 3.05) is 62.3 Å². The zero-order valence-corrected chi connectivity index (χ0v) is 20.2. The fraction of sp³-hybridized carbons (Fsp3) is 1.00. The Balaban J connectivity index is 4.78. The lowest BCUT2D eigenvalue weighted by molar-refractivity contribution is 0.296. The number of nitrogens with zero attached hydrogens (tertiary/aromatic N) is 2. The van der Waals surface area contributed by atoms with Crippen LogP contribution in [0.5, 0.6) is 0 Å². The highest BCUT2D eigenvalue weighted by molar-refractivity contribution is 8.01. The first-order chi connectivity index (χ1) is 12.1. The van der Waals surface area contributed by atoms with Gasteiger partial charge in [-0.1, -0.05) is 41.5 Å². The third-order valence-corrected chi connectivity index (χ3v) is 8.08. The summed E-state index contributed by atoms with van der Waals surface area (Å²) >= 11 is 6.51. The molecule has 0 saturated heterocycles. The van der Waals surface area contributed by atoms with Gasteiger partial charge in [0.15, 0.2) is 0 Å². The van der Waals surface area contributed by atoms with E-state index < -0.39 is 0 Å². The zero-order chi connectivity index (χ0) is 18.9. The first kappa shape index (κ1) is 26.0. The van der Waals surface area contributed by atoms with Crippen molar-refractivity contribution >= 4 is 35.3 Å². The second-order valence-corrected chi connectivity index (χ2v) is 10.7. The molecule has 0 aromatic carbocycles. The number of rotatable bonds is 18.